The van der Waals surface area contributed by atoms with E-state index < -0.39 is 10.1 Å². The Bertz CT molecular complexity index is 703. The lowest BCUT2D eigenvalue weighted by Crippen LogP contribution is -2.07. The van der Waals surface area contributed by atoms with Gasteiger partial charge >= 0.3 is 0 Å². The van der Waals surface area contributed by atoms with Crippen LogP contribution in [-0.4, -0.2) is 13.0 Å². The minimum absolute atomic E-state index is 0.0626. The zero-order valence-electron chi connectivity index (χ0n) is 13.4. The van der Waals surface area contributed by atoms with Crippen molar-refractivity contribution in [2.75, 3.05) is 0 Å². The van der Waals surface area contributed by atoms with Gasteiger partial charge in [0.05, 0.1) is 0 Å². The third-order valence-corrected chi connectivity index (χ3v) is 4.00. The molecule has 118 valence electrons. The second kappa shape index (κ2) is 7.92. The van der Waals surface area contributed by atoms with E-state index in [0.717, 1.165) is 11.1 Å². The normalized spacial score (nSPS) is 13.3. The third-order valence-electron chi connectivity index (χ3n) is 3.04. The van der Waals surface area contributed by atoms with Crippen LogP contribution in [-0.2, 0) is 10.1 Å². The minimum atomic E-state index is -4.36. The molecule has 4 heteroatoms. The van der Waals surface area contributed by atoms with Crippen molar-refractivity contribution >= 4 is 34.4 Å². The third kappa shape index (κ3) is 4.06. The number of hydrogen-bond acceptors (Lipinski definition) is 2. The van der Waals surface area contributed by atoms with E-state index in [4.69, 9.17) is 0 Å². The molecule has 0 heterocycles. The van der Waals surface area contributed by atoms with Crippen molar-refractivity contribution in [3.05, 3.63) is 52.6 Å². The molecule has 3 nitrogen and oxygen atoms in total. The lowest BCUT2D eigenvalue weighted by atomic mass is 9.96. The van der Waals surface area contributed by atoms with Crippen LogP contribution in [0.25, 0.3) is 24.3 Å². The van der Waals surface area contributed by atoms with Crippen LogP contribution in [0.5, 0.6) is 0 Å². The average Bonchev–Trinajstić information content (AvgIpc) is 2.42. The Kier molecular flexibility index (Phi) is 6.53. The van der Waals surface area contributed by atoms with Gasteiger partial charge in [-0.3, -0.25) is 4.55 Å². The van der Waals surface area contributed by atoms with Crippen LogP contribution in [0.1, 0.15) is 49.9 Å². The minimum Gasteiger partial charge on any atom is -0.282 e. The van der Waals surface area contributed by atoms with Crippen LogP contribution in [0.15, 0.2) is 35.3 Å². The van der Waals surface area contributed by atoms with Gasteiger partial charge in [-0.05, 0) is 44.9 Å². The summed E-state index contributed by atoms with van der Waals surface area (Å²) in [7, 11) is -4.36. The standard InChI is InChI=1S/C18H22O3S/c1-5-9-14-13-15(10-6-2)17(12-8-4)18(22(19,20)21)16(14)11-7-3/h5-13H,1-4H3,(H,19,20,21)/b9-5+,10-6?,11-7?,12-8?. The molecule has 0 amide bonds. The molecular weight excluding hydrogens is 296 g/mol. The van der Waals surface area contributed by atoms with Gasteiger partial charge in [0.1, 0.15) is 4.90 Å². The predicted octanol–water partition coefficient (Wildman–Crippen LogP) is 5.07. The molecule has 0 radical (unpaired) electrons. The Labute approximate surface area is 133 Å². The van der Waals surface area contributed by atoms with Crippen LogP contribution in [0.3, 0.4) is 0 Å². The molecule has 0 aliphatic carbocycles. The Hall–Kier alpha value is -1.91. The molecule has 0 saturated carbocycles. The maximum absolute atomic E-state index is 12.0. The molecular formula is C18H22O3S. The van der Waals surface area contributed by atoms with Crippen LogP contribution in [0.2, 0.25) is 0 Å². The van der Waals surface area contributed by atoms with E-state index in [0.29, 0.717) is 11.1 Å². The number of allylic oxidation sites excluding steroid dienone is 4. The number of benzene rings is 1. The molecule has 1 aromatic carbocycles. The van der Waals surface area contributed by atoms with E-state index in [1.165, 1.54) is 0 Å². The van der Waals surface area contributed by atoms with Gasteiger partial charge in [0.25, 0.3) is 10.1 Å². The summed E-state index contributed by atoms with van der Waals surface area (Å²) in [6.07, 6.45) is 14.2. The summed E-state index contributed by atoms with van der Waals surface area (Å²) < 4.78 is 33.7. The second-order valence-corrected chi connectivity index (χ2v) is 6.04. The first kappa shape index (κ1) is 18.1. The number of hydrogen-bond donors (Lipinski definition) is 1. The van der Waals surface area contributed by atoms with Crippen LogP contribution >= 0.6 is 0 Å². The topological polar surface area (TPSA) is 54.4 Å². The molecule has 0 saturated heterocycles. The van der Waals surface area contributed by atoms with Crippen molar-refractivity contribution in [1.29, 1.82) is 0 Å². The van der Waals surface area contributed by atoms with Crippen molar-refractivity contribution in [2.45, 2.75) is 32.6 Å². The molecule has 0 bridgehead atoms. The Morgan fingerprint density at radius 2 is 1.14 bits per heavy atom. The highest BCUT2D eigenvalue weighted by atomic mass is 32.2. The molecule has 0 fully saturated rings. The summed E-state index contributed by atoms with van der Waals surface area (Å²) in [4.78, 5) is -0.0626. The van der Waals surface area contributed by atoms with Crippen molar-refractivity contribution in [3.8, 4) is 0 Å². The van der Waals surface area contributed by atoms with Gasteiger partial charge in [0, 0.05) is 11.1 Å². The molecule has 0 atom stereocenters. The van der Waals surface area contributed by atoms with Gasteiger partial charge in [0.2, 0.25) is 0 Å². The fourth-order valence-corrected chi connectivity index (χ4v) is 3.25. The molecule has 1 rings (SSSR count). The molecule has 22 heavy (non-hydrogen) atoms. The van der Waals surface area contributed by atoms with E-state index in [9.17, 15) is 13.0 Å². The highest BCUT2D eigenvalue weighted by molar-refractivity contribution is 7.86. The molecule has 0 aromatic heterocycles. The summed E-state index contributed by atoms with van der Waals surface area (Å²) in [5.74, 6) is 0. The SMILES string of the molecule is CC=Cc1cc(/C=C/C)c(C=CC)c(S(=O)(=O)O)c1C=CC. The van der Waals surface area contributed by atoms with E-state index >= 15 is 0 Å². The van der Waals surface area contributed by atoms with Gasteiger partial charge in [-0.2, -0.15) is 8.42 Å². The summed E-state index contributed by atoms with van der Waals surface area (Å²) in [5.41, 5.74) is 2.47. The van der Waals surface area contributed by atoms with Crippen LogP contribution < -0.4 is 0 Å². The smallest absolute Gasteiger partial charge is 0.282 e. The van der Waals surface area contributed by atoms with Crippen molar-refractivity contribution in [1.82, 2.24) is 0 Å². The van der Waals surface area contributed by atoms with Crippen LogP contribution in [0.4, 0.5) is 0 Å². The monoisotopic (exact) mass is 318 g/mol. The van der Waals surface area contributed by atoms with Gasteiger partial charge in [-0.15, -0.1) is 0 Å². The predicted molar refractivity (Wildman–Crippen MR) is 95.1 cm³/mol. The number of rotatable bonds is 5. The fraction of sp³-hybridized carbons (Fsp3) is 0.222. The first-order valence-corrected chi connectivity index (χ1v) is 8.53. The van der Waals surface area contributed by atoms with Gasteiger partial charge in [-0.25, -0.2) is 0 Å². The van der Waals surface area contributed by atoms with E-state index in [1.54, 1.807) is 24.3 Å². The second-order valence-electron chi connectivity index (χ2n) is 4.69. The summed E-state index contributed by atoms with van der Waals surface area (Å²) in [5, 5.41) is 0. The molecule has 0 unspecified atom stereocenters. The lowest BCUT2D eigenvalue weighted by Gasteiger charge is -2.14. The maximum Gasteiger partial charge on any atom is 0.295 e. The summed E-state index contributed by atoms with van der Waals surface area (Å²) in [6.45, 7) is 7.34. The van der Waals surface area contributed by atoms with Gasteiger partial charge in [0.15, 0.2) is 0 Å². The molecule has 0 aliphatic rings. The quantitative estimate of drug-likeness (QED) is 0.771. The van der Waals surface area contributed by atoms with Gasteiger partial charge < -0.3 is 0 Å². The maximum atomic E-state index is 12.0. The molecule has 0 aliphatic heterocycles. The molecule has 0 spiro atoms. The zero-order chi connectivity index (χ0) is 16.8. The van der Waals surface area contributed by atoms with Crippen molar-refractivity contribution < 1.29 is 13.0 Å². The van der Waals surface area contributed by atoms with E-state index in [-0.39, 0.29) is 4.90 Å². The van der Waals surface area contributed by atoms with Crippen molar-refractivity contribution in [2.24, 2.45) is 0 Å². The first-order valence-electron chi connectivity index (χ1n) is 7.09. The average molecular weight is 318 g/mol. The highest BCUT2D eigenvalue weighted by Gasteiger charge is 2.22. The molecule has 1 N–H and O–H groups in total. The molecule has 1 aromatic rings. The van der Waals surface area contributed by atoms with Gasteiger partial charge in [-0.1, -0.05) is 48.6 Å². The summed E-state index contributed by atoms with van der Waals surface area (Å²) >= 11 is 0. The van der Waals surface area contributed by atoms with E-state index in [2.05, 4.69) is 0 Å². The van der Waals surface area contributed by atoms with Crippen molar-refractivity contribution in [3.63, 3.8) is 0 Å². The Morgan fingerprint density at radius 3 is 1.41 bits per heavy atom. The first-order chi connectivity index (χ1) is 10.4. The fourth-order valence-electron chi connectivity index (χ4n) is 2.32. The zero-order valence-corrected chi connectivity index (χ0v) is 14.2. The van der Waals surface area contributed by atoms with E-state index in [1.807, 2.05) is 58.1 Å². The highest BCUT2D eigenvalue weighted by Crippen LogP contribution is 2.32. The summed E-state index contributed by atoms with van der Waals surface area (Å²) in [6, 6.07) is 1.92. The van der Waals surface area contributed by atoms with Crippen LogP contribution in [0, 0.1) is 0 Å². The lowest BCUT2D eigenvalue weighted by molar-refractivity contribution is 0.483. The Morgan fingerprint density at radius 1 is 0.773 bits per heavy atom. The Balaban J connectivity index is 4.08. The largest absolute Gasteiger partial charge is 0.295 e.